The van der Waals surface area contributed by atoms with E-state index in [2.05, 4.69) is 0 Å². The van der Waals surface area contributed by atoms with Gasteiger partial charge in [0.15, 0.2) is 0 Å². The van der Waals surface area contributed by atoms with Gasteiger partial charge in [-0.2, -0.15) is 0 Å². The lowest BCUT2D eigenvalue weighted by Crippen LogP contribution is -2.10. The molecule has 0 bridgehead atoms. The lowest BCUT2D eigenvalue weighted by atomic mass is 10.2. The Morgan fingerprint density at radius 2 is 1.88 bits per heavy atom. The SMILES string of the molecule is O=C(OCCn1cccc1)c1ccccc1O. The molecule has 0 saturated carbocycles. The molecule has 0 spiro atoms. The molecule has 1 aromatic carbocycles. The zero-order chi connectivity index (χ0) is 12.1. The summed E-state index contributed by atoms with van der Waals surface area (Å²) in [5.74, 6) is -0.561. The molecule has 0 aliphatic carbocycles. The number of hydrogen-bond acceptors (Lipinski definition) is 3. The zero-order valence-electron chi connectivity index (χ0n) is 9.24. The average Bonchev–Trinajstić information content (AvgIpc) is 2.82. The van der Waals surface area contributed by atoms with Crippen molar-refractivity contribution in [1.29, 1.82) is 0 Å². The summed E-state index contributed by atoms with van der Waals surface area (Å²) < 4.78 is 6.98. The number of phenols is 1. The monoisotopic (exact) mass is 231 g/mol. The van der Waals surface area contributed by atoms with E-state index in [1.54, 1.807) is 12.1 Å². The number of para-hydroxylation sites is 1. The first kappa shape index (κ1) is 11.3. The number of hydrogen-bond donors (Lipinski definition) is 1. The summed E-state index contributed by atoms with van der Waals surface area (Å²) in [6.07, 6.45) is 3.79. The van der Waals surface area contributed by atoms with Gasteiger partial charge in [0.05, 0.1) is 6.54 Å². The fourth-order valence-corrected chi connectivity index (χ4v) is 1.49. The number of nitrogens with zero attached hydrogens (tertiary/aromatic N) is 1. The van der Waals surface area contributed by atoms with Gasteiger partial charge in [0.2, 0.25) is 0 Å². The van der Waals surface area contributed by atoms with Crippen LogP contribution in [0.25, 0.3) is 0 Å². The van der Waals surface area contributed by atoms with Crippen LogP contribution in [0.2, 0.25) is 0 Å². The summed E-state index contributed by atoms with van der Waals surface area (Å²) in [5.41, 5.74) is 0.194. The third-order valence-corrected chi connectivity index (χ3v) is 2.37. The molecule has 88 valence electrons. The minimum absolute atomic E-state index is 0.0570. The predicted octanol–water partition coefficient (Wildman–Crippen LogP) is 2.05. The molecule has 1 heterocycles. The highest BCUT2D eigenvalue weighted by molar-refractivity contribution is 5.92. The van der Waals surface area contributed by atoms with E-state index in [0.717, 1.165) is 0 Å². The van der Waals surface area contributed by atoms with Crippen LogP contribution in [-0.4, -0.2) is 22.2 Å². The molecule has 0 saturated heterocycles. The van der Waals surface area contributed by atoms with Crippen molar-refractivity contribution in [3.05, 3.63) is 54.4 Å². The van der Waals surface area contributed by atoms with Crippen molar-refractivity contribution in [3.8, 4) is 5.75 Å². The van der Waals surface area contributed by atoms with E-state index in [-0.39, 0.29) is 17.9 Å². The first-order valence-corrected chi connectivity index (χ1v) is 5.33. The average molecular weight is 231 g/mol. The van der Waals surface area contributed by atoms with Gasteiger partial charge in [-0.1, -0.05) is 12.1 Å². The summed E-state index contributed by atoms with van der Waals surface area (Å²) in [6.45, 7) is 0.883. The van der Waals surface area contributed by atoms with E-state index >= 15 is 0 Å². The molecule has 4 nitrogen and oxygen atoms in total. The maximum Gasteiger partial charge on any atom is 0.341 e. The number of phenolic OH excluding ortho intramolecular Hbond substituents is 1. The summed E-state index contributed by atoms with van der Waals surface area (Å²) in [7, 11) is 0. The molecule has 2 rings (SSSR count). The van der Waals surface area contributed by atoms with Gasteiger partial charge in [0.1, 0.15) is 17.9 Å². The molecule has 1 aromatic heterocycles. The van der Waals surface area contributed by atoms with Gasteiger partial charge in [-0.05, 0) is 24.3 Å². The van der Waals surface area contributed by atoms with Crippen LogP contribution in [0.15, 0.2) is 48.8 Å². The minimum atomic E-state index is -0.504. The summed E-state index contributed by atoms with van der Waals surface area (Å²) in [5, 5.41) is 9.46. The topological polar surface area (TPSA) is 51.5 Å². The molecule has 0 aliphatic heterocycles. The Hall–Kier alpha value is -2.23. The van der Waals surface area contributed by atoms with Crippen LogP contribution in [0.5, 0.6) is 5.75 Å². The van der Waals surface area contributed by atoms with Crippen molar-refractivity contribution >= 4 is 5.97 Å². The summed E-state index contributed by atoms with van der Waals surface area (Å²) in [4.78, 5) is 11.6. The van der Waals surface area contributed by atoms with Crippen LogP contribution in [-0.2, 0) is 11.3 Å². The molecule has 2 aromatic rings. The molecule has 0 amide bonds. The van der Waals surface area contributed by atoms with Gasteiger partial charge >= 0.3 is 5.97 Å². The van der Waals surface area contributed by atoms with Gasteiger partial charge in [-0.3, -0.25) is 0 Å². The zero-order valence-corrected chi connectivity index (χ0v) is 9.24. The first-order chi connectivity index (χ1) is 8.27. The van der Waals surface area contributed by atoms with E-state index < -0.39 is 5.97 Å². The normalized spacial score (nSPS) is 10.1. The standard InChI is InChI=1S/C13H13NO3/c15-12-6-2-1-5-11(12)13(16)17-10-9-14-7-3-4-8-14/h1-8,15H,9-10H2. The molecule has 4 heteroatoms. The van der Waals surface area contributed by atoms with Gasteiger partial charge in [-0.25, -0.2) is 4.79 Å². The third-order valence-electron chi connectivity index (χ3n) is 2.37. The Morgan fingerprint density at radius 3 is 2.59 bits per heavy atom. The van der Waals surface area contributed by atoms with Crippen LogP contribution < -0.4 is 0 Å². The Kier molecular flexibility index (Phi) is 3.45. The third kappa shape index (κ3) is 2.87. The van der Waals surface area contributed by atoms with Crippen LogP contribution in [0.1, 0.15) is 10.4 Å². The second kappa shape index (κ2) is 5.21. The van der Waals surface area contributed by atoms with Crippen molar-refractivity contribution in [3.63, 3.8) is 0 Å². The van der Waals surface area contributed by atoms with Crippen LogP contribution in [0, 0.1) is 0 Å². The molecular formula is C13H13NO3. The summed E-state index contributed by atoms with van der Waals surface area (Å²) >= 11 is 0. The minimum Gasteiger partial charge on any atom is -0.507 e. The van der Waals surface area contributed by atoms with E-state index in [9.17, 15) is 9.90 Å². The maximum absolute atomic E-state index is 11.6. The highest BCUT2D eigenvalue weighted by Gasteiger charge is 2.10. The largest absolute Gasteiger partial charge is 0.507 e. The second-order valence-electron chi connectivity index (χ2n) is 3.57. The molecule has 0 atom stereocenters. The quantitative estimate of drug-likeness (QED) is 0.819. The van der Waals surface area contributed by atoms with E-state index in [1.165, 1.54) is 12.1 Å². The lowest BCUT2D eigenvalue weighted by Gasteiger charge is -2.06. The molecule has 0 radical (unpaired) electrons. The first-order valence-electron chi connectivity index (χ1n) is 5.33. The molecule has 0 aliphatic rings. The molecule has 1 N–H and O–H groups in total. The lowest BCUT2D eigenvalue weighted by molar-refractivity contribution is 0.0488. The number of aromatic nitrogens is 1. The fourth-order valence-electron chi connectivity index (χ4n) is 1.49. The Morgan fingerprint density at radius 1 is 1.18 bits per heavy atom. The van der Waals surface area contributed by atoms with Gasteiger partial charge in [0, 0.05) is 12.4 Å². The van der Waals surface area contributed by atoms with Gasteiger partial charge in [0.25, 0.3) is 0 Å². The summed E-state index contributed by atoms with van der Waals surface area (Å²) in [6, 6.07) is 10.2. The van der Waals surface area contributed by atoms with Crippen molar-refractivity contribution < 1.29 is 14.6 Å². The number of carbonyl (C=O) groups excluding carboxylic acids is 1. The Bertz CT molecular complexity index is 491. The highest BCUT2D eigenvalue weighted by atomic mass is 16.5. The molecular weight excluding hydrogens is 218 g/mol. The van der Waals surface area contributed by atoms with Crippen LogP contribution >= 0.6 is 0 Å². The Balaban J connectivity index is 1.88. The highest BCUT2D eigenvalue weighted by Crippen LogP contribution is 2.16. The van der Waals surface area contributed by atoms with E-state index in [4.69, 9.17) is 4.74 Å². The van der Waals surface area contributed by atoms with E-state index in [0.29, 0.717) is 6.54 Å². The Labute approximate surface area is 99.1 Å². The predicted molar refractivity (Wildman–Crippen MR) is 62.8 cm³/mol. The molecule has 0 unspecified atom stereocenters. The van der Waals surface area contributed by atoms with Crippen molar-refractivity contribution in [2.45, 2.75) is 6.54 Å². The number of carbonyl (C=O) groups is 1. The second-order valence-corrected chi connectivity index (χ2v) is 3.57. The maximum atomic E-state index is 11.6. The number of ether oxygens (including phenoxy) is 1. The van der Waals surface area contributed by atoms with E-state index in [1.807, 2.05) is 29.1 Å². The number of benzene rings is 1. The van der Waals surface area contributed by atoms with Crippen LogP contribution in [0.4, 0.5) is 0 Å². The van der Waals surface area contributed by atoms with Crippen molar-refractivity contribution in [1.82, 2.24) is 4.57 Å². The molecule has 0 fully saturated rings. The fraction of sp³-hybridized carbons (Fsp3) is 0.154. The van der Waals surface area contributed by atoms with Gasteiger partial charge < -0.3 is 14.4 Å². The van der Waals surface area contributed by atoms with Gasteiger partial charge in [-0.15, -0.1) is 0 Å². The number of rotatable bonds is 4. The van der Waals surface area contributed by atoms with Crippen LogP contribution in [0.3, 0.4) is 0 Å². The van der Waals surface area contributed by atoms with Crippen molar-refractivity contribution in [2.24, 2.45) is 0 Å². The number of aromatic hydroxyl groups is 1. The molecule has 17 heavy (non-hydrogen) atoms. The van der Waals surface area contributed by atoms with Crippen molar-refractivity contribution in [2.75, 3.05) is 6.61 Å². The smallest absolute Gasteiger partial charge is 0.341 e. The number of esters is 1.